The summed E-state index contributed by atoms with van der Waals surface area (Å²) in [6.45, 7) is 0. The van der Waals surface area contributed by atoms with Gasteiger partial charge in [-0.15, -0.1) is 4.09 Å². The Bertz CT molecular complexity index is 1090. The quantitative estimate of drug-likeness (QED) is 0.535. The van der Waals surface area contributed by atoms with Crippen molar-refractivity contribution in [1.82, 2.24) is 9.19 Å². The summed E-state index contributed by atoms with van der Waals surface area (Å²) in [7, 11) is -2.67. The molecule has 0 fully saturated rings. The van der Waals surface area contributed by atoms with Crippen molar-refractivity contribution >= 4 is 21.5 Å². The van der Waals surface area contributed by atoms with Crippen molar-refractivity contribution < 1.29 is 18.1 Å². The Morgan fingerprint density at radius 1 is 1.15 bits per heavy atom. The van der Waals surface area contributed by atoms with Gasteiger partial charge in [0.15, 0.2) is 0 Å². The van der Waals surface area contributed by atoms with Crippen molar-refractivity contribution in [3.63, 3.8) is 0 Å². The van der Waals surface area contributed by atoms with Crippen LogP contribution in [0.4, 0.5) is 11.5 Å². The van der Waals surface area contributed by atoms with E-state index in [1.54, 1.807) is 24.3 Å². The Balaban J connectivity index is 2.08. The Labute approximate surface area is 148 Å². The number of benzene rings is 2. The molecule has 3 rings (SSSR count). The van der Waals surface area contributed by atoms with Crippen LogP contribution >= 0.6 is 0 Å². The zero-order chi connectivity index (χ0) is 18.9. The van der Waals surface area contributed by atoms with E-state index in [1.165, 1.54) is 31.4 Å². The van der Waals surface area contributed by atoms with E-state index in [0.717, 1.165) is 6.07 Å². The largest absolute Gasteiger partial charge is 0.497 e. The molecule has 0 aliphatic carbocycles. The van der Waals surface area contributed by atoms with E-state index in [4.69, 9.17) is 10.5 Å². The van der Waals surface area contributed by atoms with Crippen LogP contribution in [0.2, 0.25) is 0 Å². The summed E-state index contributed by atoms with van der Waals surface area (Å²) in [5, 5.41) is 14.9. The van der Waals surface area contributed by atoms with E-state index in [0.29, 0.717) is 21.1 Å². The lowest BCUT2D eigenvalue weighted by atomic mass is 10.1. The van der Waals surface area contributed by atoms with Crippen LogP contribution in [0.5, 0.6) is 5.75 Å². The molecule has 10 heteroatoms. The Morgan fingerprint density at radius 3 is 2.58 bits per heavy atom. The van der Waals surface area contributed by atoms with Crippen molar-refractivity contribution in [2.45, 2.75) is 4.90 Å². The van der Waals surface area contributed by atoms with Crippen molar-refractivity contribution in [3.8, 4) is 17.0 Å². The fourth-order valence-corrected chi connectivity index (χ4v) is 3.60. The number of methoxy groups -OCH3 is 1. The summed E-state index contributed by atoms with van der Waals surface area (Å²) in [5.41, 5.74) is 6.43. The minimum atomic E-state index is -4.18. The second kappa shape index (κ2) is 6.48. The highest BCUT2D eigenvalue weighted by atomic mass is 32.2. The lowest BCUT2D eigenvalue weighted by Gasteiger charge is -2.06. The molecule has 0 aliphatic heterocycles. The fraction of sp³-hybridized carbons (Fsp3) is 0.0625. The Morgan fingerprint density at radius 2 is 1.88 bits per heavy atom. The second-order valence-corrected chi connectivity index (χ2v) is 7.06. The van der Waals surface area contributed by atoms with Crippen LogP contribution in [0.1, 0.15) is 0 Å². The van der Waals surface area contributed by atoms with E-state index in [1.807, 2.05) is 0 Å². The molecule has 0 radical (unpaired) electrons. The van der Waals surface area contributed by atoms with Gasteiger partial charge in [-0.2, -0.15) is 13.5 Å². The molecule has 0 bridgehead atoms. The molecule has 1 aromatic heterocycles. The zero-order valence-electron chi connectivity index (χ0n) is 13.6. The molecule has 3 aromatic rings. The first-order chi connectivity index (χ1) is 12.3. The smallest absolute Gasteiger partial charge is 0.285 e. The summed E-state index contributed by atoms with van der Waals surface area (Å²) in [5.74, 6) is 0.464. The van der Waals surface area contributed by atoms with Crippen molar-refractivity contribution in [2.75, 3.05) is 12.8 Å². The fourth-order valence-electron chi connectivity index (χ4n) is 2.35. The van der Waals surface area contributed by atoms with Crippen LogP contribution in [-0.4, -0.2) is 29.6 Å². The van der Waals surface area contributed by atoms with Crippen LogP contribution < -0.4 is 10.5 Å². The number of nitro groups is 1. The first-order valence-electron chi connectivity index (χ1n) is 7.33. The predicted molar refractivity (Wildman–Crippen MR) is 94.3 cm³/mol. The summed E-state index contributed by atoms with van der Waals surface area (Å²) in [4.78, 5) is 9.93. The standard InChI is InChI=1S/C16H14N4O5S/c1-25-13-6-2-4-11(8-13)15-10-16(17)19(18-15)26(23,24)14-7-3-5-12(9-14)20(21)22/h2-10H,17H2,1H3. The minimum absolute atomic E-state index is 0.116. The number of ether oxygens (including phenoxy) is 1. The highest BCUT2D eigenvalue weighted by molar-refractivity contribution is 7.90. The maximum absolute atomic E-state index is 12.8. The SMILES string of the molecule is COc1cccc(-c2cc(N)n(S(=O)(=O)c3cccc([N+](=O)[O-])c3)n2)c1. The van der Waals surface area contributed by atoms with E-state index >= 15 is 0 Å². The van der Waals surface area contributed by atoms with Crippen LogP contribution in [-0.2, 0) is 10.0 Å². The van der Waals surface area contributed by atoms with Crippen LogP contribution in [0.25, 0.3) is 11.3 Å². The lowest BCUT2D eigenvalue weighted by molar-refractivity contribution is -0.385. The molecular weight excluding hydrogens is 360 g/mol. The highest BCUT2D eigenvalue weighted by Crippen LogP contribution is 2.27. The number of nitro benzene ring substituents is 1. The molecule has 1 heterocycles. The number of nitrogens with zero attached hydrogens (tertiary/aromatic N) is 3. The molecule has 2 aromatic carbocycles. The molecule has 26 heavy (non-hydrogen) atoms. The molecule has 0 saturated heterocycles. The number of aromatic nitrogens is 2. The number of nitrogens with two attached hydrogens (primary N) is 1. The number of non-ortho nitro benzene ring substituents is 1. The monoisotopic (exact) mass is 374 g/mol. The van der Waals surface area contributed by atoms with E-state index in [-0.39, 0.29) is 16.4 Å². The predicted octanol–water partition coefficient (Wildman–Crippen LogP) is 2.29. The van der Waals surface area contributed by atoms with E-state index < -0.39 is 14.9 Å². The summed E-state index contributed by atoms with van der Waals surface area (Å²) < 4.78 is 31.3. The Kier molecular flexibility index (Phi) is 4.34. The molecule has 0 aliphatic rings. The van der Waals surface area contributed by atoms with Crippen LogP contribution in [0.3, 0.4) is 0 Å². The van der Waals surface area contributed by atoms with Gasteiger partial charge in [0.25, 0.3) is 15.7 Å². The topological polar surface area (TPSA) is 130 Å². The van der Waals surface area contributed by atoms with Crippen molar-refractivity contribution in [2.24, 2.45) is 0 Å². The number of rotatable bonds is 5. The van der Waals surface area contributed by atoms with Gasteiger partial charge in [0, 0.05) is 23.8 Å². The molecule has 0 unspecified atom stereocenters. The average molecular weight is 374 g/mol. The Hall–Kier alpha value is -3.40. The van der Waals surface area contributed by atoms with Gasteiger partial charge in [0.2, 0.25) is 0 Å². The number of hydrogen-bond donors (Lipinski definition) is 1. The van der Waals surface area contributed by atoms with Crippen molar-refractivity contribution in [1.29, 1.82) is 0 Å². The number of hydrogen-bond acceptors (Lipinski definition) is 7. The molecule has 0 spiro atoms. The van der Waals surface area contributed by atoms with E-state index in [2.05, 4.69) is 5.10 Å². The van der Waals surface area contributed by atoms with Crippen LogP contribution in [0.15, 0.2) is 59.5 Å². The number of anilines is 1. The molecule has 0 atom stereocenters. The zero-order valence-corrected chi connectivity index (χ0v) is 14.4. The van der Waals surface area contributed by atoms with Gasteiger partial charge in [-0.05, 0) is 18.2 Å². The molecule has 9 nitrogen and oxygen atoms in total. The third-order valence-electron chi connectivity index (χ3n) is 3.62. The van der Waals surface area contributed by atoms with Crippen LogP contribution in [0, 0.1) is 10.1 Å². The van der Waals surface area contributed by atoms with Gasteiger partial charge < -0.3 is 10.5 Å². The first-order valence-corrected chi connectivity index (χ1v) is 8.77. The van der Waals surface area contributed by atoms with Gasteiger partial charge in [0.1, 0.15) is 11.6 Å². The molecule has 134 valence electrons. The van der Waals surface area contributed by atoms with Crippen molar-refractivity contribution in [3.05, 3.63) is 64.7 Å². The lowest BCUT2D eigenvalue weighted by Crippen LogP contribution is -2.17. The molecule has 2 N–H and O–H groups in total. The maximum atomic E-state index is 12.8. The summed E-state index contributed by atoms with van der Waals surface area (Å²) in [6.07, 6.45) is 0. The average Bonchev–Trinajstić information content (AvgIpc) is 3.04. The molecular formula is C16H14N4O5S. The third-order valence-corrected chi connectivity index (χ3v) is 5.22. The normalized spacial score (nSPS) is 11.3. The first kappa shape index (κ1) is 17.4. The summed E-state index contributed by atoms with van der Waals surface area (Å²) >= 11 is 0. The second-order valence-electron chi connectivity index (χ2n) is 5.29. The third kappa shape index (κ3) is 3.09. The van der Waals surface area contributed by atoms with Gasteiger partial charge >= 0.3 is 0 Å². The maximum Gasteiger partial charge on any atom is 0.285 e. The van der Waals surface area contributed by atoms with Gasteiger partial charge in [-0.1, -0.05) is 18.2 Å². The molecule has 0 amide bonds. The minimum Gasteiger partial charge on any atom is -0.497 e. The van der Waals surface area contributed by atoms with E-state index in [9.17, 15) is 18.5 Å². The van der Waals surface area contributed by atoms with Gasteiger partial charge in [-0.25, -0.2) is 0 Å². The molecule has 0 saturated carbocycles. The van der Waals surface area contributed by atoms with Gasteiger partial charge in [0.05, 0.1) is 22.6 Å². The highest BCUT2D eigenvalue weighted by Gasteiger charge is 2.24. The number of nitrogen functional groups attached to an aromatic ring is 1. The summed E-state index contributed by atoms with van der Waals surface area (Å²) in [6, 6.07) is 13.0. The van der Waals surface area contributed by atoms with Gasteiger partial charge in [-0.3, -0.25) is 10.1 Å².